The lowest BCUT2D eigenvalue weighted by Gasteiger charge is -2.00. The Morgan fingerprint density at radius 2 is 1.89 bits per heavy atom. The monoisotopic (exact) mass is 268 g/mol. The van der Waals surface area contributed by atoms with Gasteiger partial charge in [-0.3, -0.25) is 4.79 Å². The average molecular weight is 268 g/mol. The summed E-state index contributed by atoms with van der Waals surface area (Å²) in [5, 5.41) is 0.986. The summed E-state index contributed by atoms with van der Waals surface area (Å²) in [6.45, 7) is 0. The molecular formula is C16H12O2S. The second kappa shape index (κ2) is 4.94. The van der Waals surface area contributed by atoms with Crippen molar-refractivity contribution >= 4 is 29.0 Å². The highest BCUT2D eigenvalue weighted by Gasteiger charge is 2.15. The standard InChI is InChI=1S/C16H12O2S/c1-19-12-7-8-14-13(9-12)16(15(10-17)18-14)11-5-3-2-4-6-11/h2-10H,1H3. The normalized spacial score (nSPS) is 10.8. The van der Waals surface area contributed by atoms with E-state index in [0.717, 1.165) is 33.3 Å². The van der Waals surface area contributed by atoms with Crippen LogP contribution in [0.5, 0.6) is 0 Å². The van der Waals surface area contributed by atoms with E-state index in [2.05, 4.69) is 6.07 Å². The van der Waals surface area contributed by atoms with E-state index < -0.39 is 0 Å². The van der Waals surface area contributed by atoms with Crippen LogP contribution >= 0.6 is 11.8 Å². The number of aldehydes is 1. The highest BCUT2D eigenvalue weighted by molar-refractivity contribution is 7.98. The molecule has 2 aromatic carbocycles. The number of hydrogen-bond donors (Lipinski definition) is 0. The lowest BCUT2D eigenvalue weighted by Crippen LogP contribution is -1.81. The van der Waals surface area contributed by atoms with Crippen LogP contribution in [-0.2, 0) is 0 Å². The fourth-order valence-corrected chi connectivity index (χ4v) is 2.65. The minimum Gasteiger partial charge on any atom is -0.453 e. The van der Waals surface area contributed by atoms with E-state index in [0.29, 0.717) is 5.76 Å². The van der Waals surface area contributed by atoms with Crippen molar-refractivity contribution in [3.8, 4) is 11.1 Å². The minimum atomic E-state index is 0.388. The molecule has 3 heteroatoms. The van der Waals surface area contributed by atoms with Gasteiger partial charge in [-0.1, -0.05) is 30.3 Å². The molecule has 94 valence electrons. The molecule has 3 rings (SSSR count). The Labute approximate surface area is 115 Å². The Hall–Kier alpha value is -2.00. The first kappa shape index (κ1) is 12.1. The number of rotatable bonds is 3. The molecule has 0 unspecified atom stereocenters. The van der Waals surface area contributed by atoms with Crippen LogP contribution in [0, 0.1) is 0 Å². The summed E-state index contributed by atoms with van der Waals surface area (Å²) < 4.78 is 5.62. The lowest BCUT2D eigenvalue weighted by atomic mass is 10.0. The third-order valence-electron chi connectivity index (χ3n) is 3.09. The van der Waals surface area contributed by atoms with Crippen molar-refractivity contribution in [3.63, 3.8) is 0 Å². The fourth-order valence-electron chi connectivity index (χ4n) is 2.21. The van der Waals surface area contributed by atoms with Crippen LogP contribution in [0.15, 0.2) is 57.8 Å². The van der Waals surface area contributed by atoms with Gasteiger partial charge in [-0.25, -0.2) is 0 Å². The maximum Gasteiger partial charge on any atom is 0.186 e. The summed E-state index contributed by atoms with van der Waals surface area (Å²) in [4.78, 5) is 12.4. The number of hydrogen-bond acceptors (Lipinski definition) is 3. The molecule has 0 aliphatic carbocycles. The number of furan rings is 1. The molecule has 0 spiro atoms. The van der Waals surface area contributed by atoms with Crippen molar-refractivity contribution in [2.24, 2.45) is 0 Å². The zero-order chi connectivity index (χ0) is 13.2. The van der Waals surface area contributed by atoms with Crippen LogP contribution < -0.4 is 0 Å². The molecule has 0 aliphatic heterocycles. The molecule has 0 N–H and O–H groups in total. The first-order valence-corrected chi connectivity index (χ1v) is 7.17. The smallest absolute Gasteiger partial charge is 0.186 e. The van der Waals surface area contributed by atoms with Crippen molar-refractivity contribution in [1.82, 2.24) is 0 Å². The van der Waals surface area contributed by atoms with Crippen molar-refractivity contribution in [3.05, 3.63) is 54.3 Å². The highest BCUT2D eigenvalue weighted by atomic mass is 32.2. The van der Waals surface area contributed by atoms with Crippen LogP contribution in [0.25, 0.3) is 22.1 Å². The van der Waals surface area contributed by atoms with Crippen molar-refractivity contribution in [2.75, 3.05) is 6.26 Å². The van der Waals surface area contributed by atoms with Gasteiger partial charge < -0.3 is 4.42 Å². The van der Waals surface area contributed by atoms with Gasteiger partial charge in [0.1, 0.15) is 5.58 Å². The molecule has 0 bridgehead atoms. The zero-order valence-electron chi connectivity index (χ0n) is 10.4. The maximum absolute atomic E-state index is 11.2. The van der Waals surface area contributed by atoms with E-state index in [9.17, 15) is 4.79 Å². The second-order valence-electron chi connectivity index (χ2n) is 4.19. The molecule has 1 heterocycles. The van der Waals surface area contributed by atoms with Gasteiger partial charge in [0.25, 0.3) is 0 Å². The molecular weight excluding hydrogens is 256 g/mol. The Kier molecular flexibility index (Phi) is 3.13. The Bertz CT molecular complexity index is 729. The molecule has 2 nitrogen and oxygen atoms in total. The summed E-state index contributed by atoms with van der Waals surface area (Å²) in [6.07, 6.45) is 2.81. The topological polar surface area (TPSA) is 30.2 Å². The summed E-state index contributed by atoms with van der Waals surface area (Å²) in [6, 6.07) is 15.8. The SMILES string of the molecule is CSc1ccc2oc(C=O)c(-c3ccccc3)c2c1. The van der Waals surface area contributed by atoms with Crippen LogP contribution in [0.2, 0.25) is 0 Å². The largest absolute Gasteiger partial charge is 0.453 e. The molecule has 1 aromatic heterocycles. The van der Waals surface area contributed by atoms with E-state index in [1.807, 2.05) is 48.7 Å². The summed E-state index contributed by atoms with van der Waals surface area (Å²) in [5.74, 6) is 0.388. The van der Waals surface area contributed by atoms with Gasteiger partial charge in [-0.15, -0.1) is 11.8 Å². The summed E-state index contributed by atoms with van der Waals surface area (Å²) in [7, 11) is 0. The van der Waals surface area contributed by atoms with Crippen LogP contribution in [0.4, 0.5) is 0 Å². The highest BCUT2D eigenvalue weighted by Crippen LogP contribution is 2.35. The molecule has 0 fully saturated rings. The van der Waals surface area contributed by atoms with Crippen LogP contribution in [0.1, 0.15) is 10.6 Å². The van der Waals surface area contributed by atoms with Crippen LogP contribution in [-0.4, -0.2) is 12.5 Å². The van der Waals surface area contributed by atoms with Crippen molar-refractivity contribution < 1.29 is 9.21 Å². The number of fused-ring (bicyclic) bond motifs is 1. The third-order valence-corrected chi connectivity index (χ3v) is 3.82. The number of thioether (sulfide) groups is 1. The van der Waals surface area contributed by atoms with Gasteiger partial charge in [0, 0.05) is 15.8 Å². The number of carbonyl (C=O) groups excluding carboxylic acids is 1. The molecule has 0 atom stereocenters. The molecule has 0 radical (unpaired) electrons. The van der Waals surface area contributed by atoms with Gasteiger partial charge in [-0.2, -0.15) is 0 Å². The molecule has 3 aromatic rings. The van der Waals surface area contributed by atoms with Gasteiger partial charge >= 0.3 is 0 Å². The number of benzene rings is 2. The Morgan fingerprint density at radius 3 is 2.58 bits per heavy atom. The average Bonchev–Trinajstić information content (AvgIpc) is 2.85. The molecule has 0 saturated carbocycles. The fraction of sp³-hybridized carbons (Fsp3) is 0.0625. The third kappa shape index (κ3) is 2.06. The molecule has 0 amide bonds. The van der Waals surface area contributed by atoms with Gasteiger partial charge in [-0.05, 0) is 30.0 Å². The first-order valence-electron chi connectivity index (χ1n) is 5.94. The van der Waals surface area contributed by atoms with Gasteiger partial charge in [0.2, 0.25) is 0 Å². The van der Waals surface area contributed by atoms with E-state index in [4.69, 9.17) is 4.42 Å². The first-order chi connectivity index (χ1) is 9.33. The van der Waals surface area contributed by atoms with Crippen molar-refractivity contribution in [2.45, 2.75) is 4.90 Å². The predicted molar refractivity (Wildman–Crippen MR) is 78.8 cm³/mol. The molecule has 0 aliphatic rings. The second-order valence-corrected chi connectivity index (χ2v) is 5.07. The molecule has 19 heavy (non-hydrogen) atoms. The van der Waals surface area contributed by atoms with Crippen molar-refractivity contribution in [1.29, 1.82) is 0 Å². The van der Waals surface area contributed by atoms with E-state index in [1.54, 1.807) is 11.8 Å². The summed E-state index contributed by atoms with van der Waals surface area (Å²) >= 11 is 1.67. The van der Waals surface area contributed by atoms with Gasteiger partial charge in [0.15, 0.2) is 12.0 Å². The number of carbonyl (C=O) groups is 1. The van der Waals surface area contributed by atoms with E-state index in [1.165, 1.54) is 0 Å². The van der Waals surface area contributed by atoms with E-state index >= 15 is 0 Å². The van der Waals surface area contributed by atoms with Gasteiger partial charge in [0.05, 0.1) is 0 Å². The lowest BCUT2D eigenvalue weighted by molar-refractivity contribution is 0.110. The Morgan fingerprint density at radius 1 is 1.11 bits per heavy atom. The quantitative estimate of drug-likeness (QED) is 0.512. The zero-order valence-corrected chi connectivity index (χ0v) is 11.2. The predicted octanol–water partition coefficient (Wildman–Crippen LogP) is 4.63. The maximum atomic E-state index is 11.2. The summed E-state index contributed by atoms with van der Waals surface area (Å²) in [5.41, 5.74) is 2.63. The minimum absolute atomic E-state index is 0.388. The van der Waals surface area contributed by atoms with E-state index in [-0.39, 0.29) is 0 Å². The molecule has 0 saturated heterocycles. The Balaban J connectivity index is 2.34. The van der Waals surface area contributed by atoms with Crippen LogP contribution in [0.3, 0.4) is 0 Å².